The van der Waals surface area contributed by atoms with Crippen LogP contribution in [0.15, 0.2) is 59.8 Å². The largest absolute Gasteiger partial charge is 0.497 e. The van der Waals surface area contributed by atoms with E-state index in [-0.39, 0.29) is 0 Å². The van der Waals surface area contributed by atoms with Gasteiger partial charge in [0, 0.05) is 16.3 Å². The molecule has 7 nitrogen and oxygen atoms in total. The molecule has 1 atom stereocenters. The molecule has 1 amide bonds. The highest BCUT2D eigenvalue weighted by Crippen LogP contribution is 2.36. The Morgan fingerprint density at radius 3 is 2.46 bits per heavy atom. The highest BCUT2D eigenvalue weighted by Gasteiger charge is 2.33. The quantitative estimate of drug-likeness (QED) is 0.706. The highest BCUT2D eigenvalue weighted by atomic mass is 35.5. The first-order valence-corrected chi connectivity index (χ1v) is 8.99. The molecule has 1 aliphatic heterocycles. The Bertz CT molecular complexity index is 1070. The van der Waals surface area contributed by atoms with Gasteiger partial charge in [-0.05, 0) is 48.9 Å². The van der Waals surface area contributed by atoms with Crippen molar-refractivity contribution in [3.8, 4) is 17.1 Å². The fraction of sp³-hybridized carbons (Fsp3) is 0.150. The maximum absolute atomic E-state index is 12.2. The zero-order valence-electron chi connectivity index (χ0n) is 15.3. The van der Waals surface area contributed by atoms with Crippen LogP contribution >= 0.6 is 11.6 Å². The molecule has 0 radical (unpaired) electrons. The predicted octanol–water partition coefficient (Wildman–Crippen LogP) is 3.38. The second-order valence-electron chi connectivity index (χ2n) is 6.41. The fourth-order valence-corrected chi connectivity index (χ4v) is 3.41. The molecule has 3 aromatic rings. The van der Waals surface area contributed by atoms with Crippen LogP contribution in [0.1, 0.15) is 18.5 Å². The number of hydrogen-bond acceptors (Lipinski definition) is 5. The summed E-state index contributed by atoms with van der Waals surface area (Å²) in [6.45, 7) is 1.80. The fourth-order valence-electron chi connectivity index (χ4n) is 3.29. The topological polar surface area (TPSA) is 95.1 Å². The van der Waals surface area contributed by atoms with Crippen molar-refractivity contribution in [2.24, 2.45) is 5.73 Å². The van der Waals surface area contributed by atoms with Gasteiger partial charge in [0.2, 0.25) is 11.9 Å². The first-order valence-electron chi connectivity index (χ1n) is 8.62. The van der Waals surface area contributed by atoms with E-state index < -0.39 is 11.9 Å². The molecule has 8 heteroatoms. The maximum atomic E-state index is 12.2. The molecule has 3 N–H and O–H groups in total. The second kappa shape index (κ2) is 7.01. The van der Waals surface area contributed by atoms with E-state index >= 15 is 0 Å². The highest BCUT2D eigenvalue weighted by molar-refractivity contribution is 6.30. The zero-order chi connectivity index (χ0) is 19.8. The third kappa shape index (κ3) is 3.10. The third-order valence-corrected chi connectivity index (χ3v) is 4.90. The van der Waals surface area contributed by atoms with Gasteiger partial charge in [-0.1, -0.05) is 23.7 Å². The SMILES string of the molecule is COc1ccc(-c2nc3n(n2)[C@@H](c2ccc(Cl)cc2)C(C(N)=O)=C(C)N3)cc1. The summed E-state index contributed by atoms with van der Waals surface area (Å²) in [5.41, 5.74) is 8.43. The van der Waals surface area contributed by atoms with Gasteiger partial charge < -0.3 is 15.8 Å². The van der Waals surface area contributed by atoms with Crippen LogP contribution in [0, 0.1) is 0 Å². The summed E-state index contributed by atoms with van der Waals surface area (Å²) in [6, 6.07) is 14.2. The molecule has 142 valence electrons. The number of carbonyl (C=O) groups is 1. The van der Waals surface area contributed by atoms with Crippen molar-refractivity contribution in [1.82, 2.24) is 14.8 Å². The van der Waals surface area contributed by atoms with Gasteiger partial charge in [-0.3, -0.25) is 4.79 Å². The summed E-state index contributed by atoms with van der Waals surface area (Å²) >= 11 is 6.03. The van der Waals surface area contributed by atoms with Crippen LogP contribution < -0.4 is 15.8 Å². The minimum Gasteiger partial charge on any atom is -0.497 e. The van der Waals surface area contributed by atoms with Crippen LogP contribution in [0.2, 0.25) is 5.02 Å². The Labute approximate surface area is 166 Å². The molecular weight excluding hydrogens is 378 g/mol. The second-order valence-corrected chi connectivity index (χ2v) is 6.85. The molecule has 2 aromatic carbocycles. The number of fused-ring (bicyclic) bond motifs is 1. The monoisotopic (exact) mass is 395 g/mol. The van der Waals surface area contributed by atoms with Gasteiger partial charge in [0.1, 0.15) is 11.8 Å². The van der Waals surface area contributed by atoms with E-state index in [0.717, 1.165) is 16.9 Å². The van der Waals surface area contributed by atoms with Crippen LogP contribution in [0.5, 0.6) is 5.75 Å². The molecule has 0 saturated carbocycles. The standard InChI is InChI=1S/C20H18ClN5O2/c1-11-16(18(22)27)17(12-3-7-14(21)8-4-12)26-20(23-11)24-19(25-26)13-5-9-15(28-2)10-6-13/h3-10,17H,1-2H3,(H2,22,27)(H,23,24,25)/t17-/m0/s1. The van der Waals surface area contributed by atoms with E-state index in [2.05, 4.69) is 15.4 Å². The first-order chi connectivity index (χ1) is 13.5. The van der Waals surface area contributed by atoms with Gasteiger partial charge in [0.25, 0.3) is 0 Å². The number of amides is 1. The van der Waals surface area contributed by atoms with Crippen molar-refractivity contribution in [1.29, 1.82) is 0 Å². The summed E-state index contributed by atoms with van der Waals surface area (Å²) < 4.78 is 6.87. The van der Waals surface area contributed by atoms with Crippen LogP contribution in [0.25, 0.3) is 11.4 Å². The van der Waals surface area contributed by atoms with Gasteiger partial charge >= 0.3 is 0 Å². The van der Waals surface area contributed by atoms with Crippen molar-refractivity contribution in [3.63, 3.8) is 0 Å². The molecule has 4 rings (SSSR count). The molecule has 1 aromatic heterocycles. The Morgan fingerprint density at radius 2 is 1.86 bits per heavy atom. The zero-order valence-corrected chi connectivity index (χ0v) is 16.1. The molecule has 0 aliphatic carbocycles. The van der Waals surface area contributed by atoms with Crippen molar-refractivity contribution >= 4 is 23.5 Å². The predicted molar refractivity (Wildman–Crippen MR) is 107 cm³/mol. The molecular formula is C20H18ClN5O2. The molecule has 0 bridgehead atoms. The number of halogens is 1. The Kier molecular flexibility index (Phi) is 4.52. The molecule has 0 saturated heterocycles. The molecule has 1 aliphatic rings. The first kappa shape index (κ1) is 18.1. The van der Waals surface area contributed by atoms with Crippen molar-refractivity contribution in [2.45, 2.75) is 13.0 Å². The maximum Gasteiger partial charge on any atom is 0.248 e. The molecule has 0 unspecified atom stereocenters. The van der Waals surface area contributed by atoms with E-state index in [1.54, 1.807) is 30.8 Å². The van der Waals surface area contributed by atoms with E-state index in [4.69, 9.17) is 22.1 Å². The summed E-state index contributed by atoms with van der Waals surface area (Å²) in [6.07, 6.45) is 0. The molecule has 0 spiro atoms. The van der Waals surface area contributed by atoms with Gasteiger partial charge in [0.05, 0.1) is 12.7 Å². The summed E-state index contributed by atoms with van der Waals surface area (Å²) in [7, 11) is 1.61. The van der Waals surface area contributed by atoms with Gasteiger partial charge in [-0.25, -0.2) is 4.68 Å². The minimum atomic E-state index is -0.517. The number of ether oxygens (including phenoxy) is 1. The van der Waals surface area contributed by atoms with Crippen molar-refractivity contribution in [3.05, 3.63) is 70.4 Å². The molecule has 2 heterocycles. The number of methoxy groups -OCH3 is 1. The average molecular weight is 396 g/mol. The van der Waals surface area contributed by atoms with Gasteiger partial charge in [-0.2, -0.15) is 4.98 Å². The van der Waals surface area contributed by atoms with Crippen LogP contribution in [0.3, 0.4) is 0 Å². The Hall–Kier alpha value is -3.32. The lowest BCUT2D eigenvalue weighted by atomic mass is 9.95. The van der Waals surface area contributed by atoms with Gasteiger partial charge in [0.15, 0.2) is 5.82 Å². The van der Waals surface area contributed by atoms with E-state index in [0.29, 0.717) is 28.1 Å². The number of rotatable bonds is 4. The van der Waals surface area contributed by atoms with Crippen molar-refractivity contribution in [2.75, 3.05) is 12.4 Å². The number of benzene rings is 2. The molecule has 28 heavy (non-hydrogen) atoms. The van der Waals surface area contributed by atoms with Crippen LogP contribution in [-0.2, 0) is 4.79 Å². The summed E-state index contributed by atoms with van der Waals surface area (Å²) in [5, 5.41) is 8.39. The summed E-state index contributed by atoms with van der Waals surface area (Å²) in [5.74, 6) is 1.30. The Balaban J connectivity index is 1.83. The number of nitrogens with one attached hydrogen (secondary N) is 1. The van der Waals surface area contributed by atoms with Crippen LogP contribution in [-0.4, -0.2) is 27.8 Å². The molecule has 0 fully saturated rings. The lowest BCUT2D eigenvalue weighted by Crippen LogP contribution is -2.31. The number of nitrogens with two attached hydrogens (primary N) is 1. The van der Waals surface area contributed by atoms with E-state index in [1.165, 1.54) is 0 Å². The lowest BCUT2D eigenvalue weighted by Gasteiger charge is -2.27. The number of anilines is 1. The Morgan fingerprint density at radius 1 is 1.18 bits per heavy atom. The number of primary amides is 1. The number of hydrogen-bond donors (Lipinski definition) is 2. The number of carbonyl (C=O) groups excluding carboxylic acids is 1. The van der Waals surface area contributed by atoms with E-state index in [9.17, 15) is 4.79 Å². The van der Waals surface area contributed by atoms with Crippen molar-refractivity contribution < 1.29 is 9.53 Å². The normalized spacial score (nSPS) is 15.8. The third-order valence-electron chi connectivity index (χ3n) is 4.65. The lowest BCUT2D eigenvalue weighted by molar-refractivity contribution is -0.115. The smallest absolute Gasteiger partial charge is 0.248 e. The number of nitrogens with zero attached hydrogens (tertiary/aromatic N) is 3. The van der Waals surface area contributed by atoms with Crippen LogP contribution in [0.4, 0.5) is 5.95 Å². The average Bonchev–Trinajstić information content (AvgIpc) is 3.11. The van der Waals surface area contributed by atoms with Gasteiger partial charge in [-0.15, -0.1) is 5.10 Å². The minimum absolute atomic E-state index is 0.431. The van der Waals surface area contributed by atoms with E-state index in [1.807, 2.05) is 36.4 Å². The summed E-state index contributed by atoms with van der Waals surface area (Å²) in [4.78, 5) is 16.8. The number of allylic oxidation sites excluding steroid dienone is 1. The number of aromatic nitrogens is 3.